The van der Waals surface area contributed by atoms with Gasteiger partial charge in [0.15, 0.2) is 0 Å². The fourth-order valence-corrected chi connectivity index (χ4v) is 4.22. The summed E-state index contributed by atoms with van der Waals surface area (Å²) in [6, 6.07) is 7.53. The van der Waals surface area contributed by atoms with Gasteiger partial charge in [-0.3, -0.25) is 4.79 Å². The maximum atomic E-state index is 13.5. The van der Waals surface area contributed by atoms with E-state index in [4.69, 9.17) is 4.74 Å². The van der Waals surface area contributed by atoms with E-state index < -0.39 is 17.4 Å². The largest absolute Gasteiger partial charge is 0.496 e. The van der Waals surface area contributed by atoms with E-state index in [1.807, 2.05) is 20.8 Å². The molecular weight excluding hydrogens is 401 g/mol. The van der Waals surface area contributed by atoms with Crippen LogP contribution in [0.1, 0.15) is 40.0 Å². The van der Waals surface area contributed by atoms with Gasteiger partial charge in [0.25, 0.3) is 0 Å². The second kappa shape index (κ2) is 8.91. The van der Waals surface area contributed by atoms with Crippen molar-refractivity contribution in [3.05, 3.63) is 42.3 Å². The number of aromatic nitrogens is 1. The maximum Gasteiger partial charge on any atom is 0.407 e. The fourth-order valence-electron chi connectivity index (χ4n) is 4.22. The number of halogens is 1. The van der Waals surface area contributed by atoms with Crippen LogP contribution in [0.5, 0.6) is 5.75 Å². The summed E-state index contributed by atoms with van der Waals surface area (Å²) in [5.41, 5.74) is 0.882. The molecule has 1 aliphatic rings. The van der Waals surface area contributed by atoms with Crippen LogP contribution in [0, 0.1) is 11.7 Å². The number of ether oxygens (including phenoxy) is 1. The molecule has 8 heteroatoms. The van der Waals surface area contributed by atoms with Crippen LogP contribution in [0.2, 0.25) is 0 Å². The Balaban J connectivity index is 1.72. The standard InChI is InChI=1S/C23H28FN3O4/c1-23(2,3)27(22(29)30)17-7-5-15(11-17)21(28)26-20-12-14(9-10-25-20)18-8-6-16(24)13-19(18)31-4/h6,8-10,12-13,15,17H,5,7,11H2,1-4H3,(H,29,30)(H,25,26,28)/t15-,17+/m1/s1. The number of carboxylic acid groups (broad SMARTS) is 1. The fraction of sp³-hybridized carbons (Fsp3) is 0.435. The van der Waals surface area contributed by atoms with Gasteiger partial charge in [-0.05, 0) is 69.9 Å². The smallest absolute Gasteiger partial charge is 0.407 e. The first kappa shape index (κ1) is 22.5. The lowest BCUT2D eigenvalue weighted by Crippen LogP contribution is -2.50. The zero-order valence-corrected chi connectivity index (χ0v) is 18.2. The van der Waals surface area contributed by atoms with E-state index in [9.17, 15) is 19.1 Å². The lowest BCUT2D eigenvalue weighted by molar-refractivity contribution is -0.119. The highest BCUT2D eigenvalue weighted by atomic mass is 19.1. The number of nitrogens with zero attached hydrogens (tertiary/aromatic N) is 2. The van der Waals surface area contributed by atoms with E-state index in [2.05, 4.69) is 10.3 Å². The predicted molar refractivity (Wildman–Crippen MR) is 116 cm³/mol. The number of anilines is 1. The van der Waals surface area contributed by atoms with Gasteiger partial charge in [0.1, 0.15) is 17.4 Å². The molecule has 1 aromatic heterocycles. The first-order chi connectivity index (χ1) is 14.6. The summed E-state index contributed by atoms with van der Waals surface area (Å²) >= 11 is 0. The van der Waals surface area contributed by atoms with Crippen molar-refractivity contribution in [3.8, 4) is 16.9 Å². The van der Waals surface area contributed by atoms with Crippen LogP contribution in [0.3, 0.4) is 0 Å². The summed E-state index contributed by atoms with van der Waals surface area (Å²) in [5.74, 6) is -0.108. The van der Waals surface area contributed by atoms with Crippen LogP contribution >= 0.6 is 0 Å². The Morgan fingerprint density at radius 1 is 1.23 bits per heavy atom. The molecule has 0 bridgehead atoms. The molecule has 1 saturated carbocycles. The van der Waals surface area contributed by atoms with Gasteiger partial charge in [-0.1, -0.05) is 0 Å². The quantitative estimate of drug-likeness (QED) is 0.714. The van der Waals surface area contributed by atoms with Gasteiger partial charge in [-0.15, -0.1) is 0 Å². The van der Waals surface area contributed by atoms with E-state index in [-0.39, 0.29) is 17.9 Å². The molecule has 0 spiro atoms. The number of carbonyl (C=O) groups is 2. The summed E-state index contributed by atoms with van der Waals surface area (Å²) in [6.45, 7) is 5.56. The van der Waals surface area contributed by atoms with Gasteiger partial charge in [0, 0.05) is 35.3 Å². The zero-order chi connectivity index (χ0) is 22.8. The van der Waals surface area contributed by atoms with E-state index in [1.54, 1.807) is 24.4 Å². The summed E-state index contributed by atoms with van der Waals surface area (Å²) in [4.78, 5) is 30.2. The molecule has 3 rings (SSSR count). The minimum Gasteiger partial charge on any atom is -0.496 e. The van der Waals surface area contributed by atoms with Crippen LogP contribution in [-0.2, 0) is 4.79 Å². The minimum atomic E-state index is -0.971. The summed E-state index contributed by atoms with van der Waals surface area (Å²) in [7, 11) is 1.47. The van der Waals surface area contributed by atoms with Crippen LogP contribution in [0.4, 0.5) is 15.0 Å². The van der Waals surface area contributed by atoms with E-state index in [0.717, 1.165) is 5.56 Å². The Morgan fingerprint density at radius 3 is 2.61 bits per heavy atom. The molecule has 1 aromatic carbocycles. The predicted octanol–water partition coefficient (Wildman–Crippen LogP) is 4.78. The molecular formula is C23H28FN3O4. The van der Waals surface area contributed by atoms with Crippen molar-refractivity contribution in [2.45, 2.75) is 51.6 Å². The van der Waals surface area contributed by atoms with E-state index >= 15 is 0 Å². The Hall–Kier alpha value is -3.16. The Morgan fingerprint density at radius 2 is 1.97 bits per heavy atom. The molecule has 0 aliphatic heterocycles. The second-order valence-corrected chi connectivity index (χ2v) is 8.75. The SMILES string of the molecule is COc1cc(F)ccc1-c1ccnc(NC(=O)[C@@H]2CC[C@H](N(C(=O)O)C(C)(C)C)C2)c1. The Bertz CT molecular complexity index is 974. The number of rotatable bonds is 5. The third kappa shape index (κ3) is 5.13. The number of hydrogen-bond donors (Lipinski definition) is 2. The molecule has 0 unspecified atom stereocenters. The highest BCUT2D eigenvalue weighted by Gasteiger charge is 2.40. The average Bonchev–Trinajstić information content (AvgIpc) is 3.16. The third-order valence-corrected chi connectivity index (χ3v) is 5.56. The number of pyridine rings is 1. The van der Waals surface area contributed by atoms with Gasteiger partial charge in [-0.25, -0.2) is 14.2 Å². The maximum absolute atomic E-state index is 13.5. The Kier molecular flexibility index (Phi) is 6.48. The molecule has 2 amide bonds. The highest BCUT2D eigenvalue weighted by Crippen LogP contribution is 2.35. The molecule has 1 fully saturated rings. The Labute approximate surface area is 181 Å². The number of hydrogen-bond acceptors (Lipinski definition) is 4. The molecule has 0 saturated heterocycles. The topological polar surface area (TPSA) is 91.8 Å². The van der Waals surface area contributed by atoms with Gasteiger partial charge in [0.05, 0.1) is 7.11 Å². The summed E-state index contributed by atoms with van der Waals surface area (Å²) in [6.07, 6.45) is 2.32. The number of nitrogens with one attached hydrogen (secondary N) is 1. The number of amides is 2. The average molecular weight is 429 g/mol. The van der Waals surface area contributed by atoms with Gasteiger partial charge in [0.2, 0.25) is 5.91 Å². The lowest BCUT2D eigenvalue weighted by Gasteiger charge is -2.38. The normalized spacial score (nSPS) is 18.5. The zero-order valence-electron chi connectivity index (χ0n) is 18.2. The number of carbonyl (C=O) groups excluding carboxylic acids is 1. The van der Waals surface area contributed by atoms with Crippen molar-refractivity contribution in [3.63, 3.8) is 0 Å². The van der Waals surface area contributed by atoms with Crippen LogP contribution < -0.4 is 10.1 Å². The molecule has 0 radical (unpaired) electrons. The van der Waals surface area contributed by atoms with Gasteiger partial charge in [-0.2, -0.15) is 0 Å². The number of methoxy groups -OCH3 is 1. The molecule has 166 valence electrons. The van der Waals surface area contributed by atoms with Gasteiger partial charge < -0.3 is 20.1 Å². The van der Waals surface area contributed by atoms with Crippen molar-refractivity contribution in [2.75, 3.05) is 12.4 Å². The molecule has 2 N–H and O–H groups in total. The van der Waals surface area contributed by atoms with Crippen molar-refractivity contribution < 1.29 is 23.8 Å². The molecule has 7 nitrogen and oxygen atoms in total. The van der Waals surface area contributed by atoms with E-state index in [1.165, 1.54) is 24.1 Å². The molecule has 1 aliphatic carbocycles. The van der Waals surface area contributed by atoms with Crippen molar-refractivity contribution in [1.29, 1.82) is 0 Å². The summed E-state index contributed by atoms with van der Waals surface area (Å²) in [5, 5.41) is 12.4. The van der Waals surface area contributed by atoms with Crippen LogP contribution in [0.25, 0.3) is 11.1 Å². The highest BCUT2D eigenvalue weighted by molar-refractivity contribution is 5.92. The third-order valence-electron chi connectivity index (χ3n) is 5.56. The van der Waals surface area contributed by atoms with Crippen molar-refractivity contribution in [2.24, 2.45) is 5.92 Å². The molecule has 2 aromatic rings. The van der Waals surface area contributed by atoms with E-state index in [0.29, 0.717) is 36.4 Å². The minimum absolute atomic E-state index is 0.183. The number of benzene rings is 1. The van der Waals surface area contributed by atoms with Crippen LogP contribution in [-0.4, -0.2) is 45.7 Å². The monoisotopic (exact) mass is 429 g/mol. The van der Waals surface area contributed by atoms with Crippen molar-refractivity contribution >= 4 is 17.8 Å². The van der Waals surface area contributed by atoms with Crippen LogP contribution in [0.15, 0.2) is 36.5 Å². The van der Waals surface area contributed by atoms with Gasteiger partial charge >= 0.3 is 6.09 Å². The molecule has 31 heavy (non-hydrogen) atoms. The first-order valence-corrected chi connectivity index (χ1v) is 10.2. The molecule has 1 heterocycles. The molecule has 2 atom stereocenters. The second-order valence-electron chi connectivity index (χ2n) is 8.75. The summed E-state index contributed by atoms with van der Waals surface area (Å²) < 4.78 is 18.8. The van der Waals surface area contributed by atoms with Crippen molar-refractivity contribution in [1.82, 2.24) is 9.88 Å². The lowest BCUT2D eigenvalue weighted by atomic mass is 10.0. The first-order valence-electron chi connectivity index (χ1n) is 10.2.